The van der Waals surface area contributed by atoms with E-state index >= 15 is 0 Å². The quantitative estimate of drug-likeness (QED) is 0.861. The fourth-order valence-corrected chi connectivity index (χ4v) is 1.13. The average Bonchev–Trinajstić information content (AvgIpc) is 2.20. The highest BCUT2D eigenvalue weighted by Crippen LogP contribution is 2.25. The lowest BCUT2D eigenvalue weighted by Gasteiger charge is -2.15. The van der Waals surface area contributed by atoms with E-state index in [0.717, 1.165) is 0 Å². The van der Waals surface area contributed by atoms with E-state index in [0.29, 0.717) is 17.8 Å². The Hall–Kier alpha value is -1.72. The first-order valence-electron chi connectivity index (χ1n) is 4.63. The van der Waals surface area contributed by atoms with E-state index in [1.807, 2.05) is 0 Å². The first-order chi connectivity index (χ1) is 7.36. The molecule has 1 rings (SSSR count). The van der Waals surface area contributed by atoms with Gasteiger partial charge in [-0.3, -0.25) is 4.98 Å². The number of aromatic nitrogens is 1. The molecule has 0 fully saturated rings. The van der Waals surface area contributed by atoms with Gasteiger partial charge in [-0.15, -0.1) is 0 Å². The lowest BCUT2D eigenvalue weighted by molar-refractivity contribution is -0.211. The number of ether oxygens (including phenoxy) is 1. The first-order valence-corrected chi connectivity index (χ1v) is 4.63. The molecule has 0 saturated heterocycles. The van der Waals surface area contributed by atoms with Gasteiger partial charge >= 0.3 is 12.1 Å². The van der Waals surface area contributed by atoms with Crippen LogP contribution in [-0.4, -0.2) is 22.2 Å². The highest BCUT2D eigenvalue weighted by Gasteiger charge is 2.42. The molecule has 0 bridgehead atoms. The second-order valence-corrected chi connectivity index (χ2v) is 3.18. The highest BCUT2D eigenvalue weighted by atomic mass is 19.3. The van der Waals surface area contributed by atoms with Crippen LogP contribution in [0.4, 0.5) is 8.78 Å². The SMILES string of the molecule is CCc1nc(C)ccc1OC(F)(F)C(=O)O. The Morgan fingerprint density at radius 3 is 2.69 bits per heavy atom. The molecule has 0 aromatic carbocycles. The van der Waals surface area contributed by atoms with Gasteiger partial charge in [-0.05, 0) is 25.5 Å². The normalized spacial score (nSPS) is 11.2. The number of rotatable bonds is 4. The molecule has 6 heteroatoms. The summed E-state index contributed by atoms with van der Waals surface area (Å²) in [5.41, 5.74) is 0.962. The minimum atomic E-state index is -4.24. The summed E-state index contributed by atoms with van der Waals surface area (Å²) in [7, 11) is 0. The third-order valence-corrected chi connectivity index (χ3v) is 1.89. The van der Waals surface area contributed by atoms with E-state index < -0.39 is 12.1 Å². The molecule has 0 atom stereocenters. The molecule has 1 N–H and O–H groups in total. The van der Waals surface area contributed by atoms with Gasteiger partial charge in [0.25, 0.3) is 0 Å². The zero-order valence-corrected chi connectivity index (χ0v) is 8.83. The van der Waals surface area contributed by atoms with Gasteiger partial charge in [-0.1, -0.05) is 6.92 Å². The van der Waals surface area contributed by atoms with E-state index in [-0.39, 0.29) is 5.75 Å². The number of nitrogens with zero attached hydrogens (tertiary/aromatic N) is 1. The van der Waals surface area contributed by atoms with Crippen molar-refractivity contribution in [1.29, 1.82) is 0 Å². The lowest BCUT2D eigenvalue weighted by atomic mass is 10.2. The Morgan fingerprint density at radius 1 is 1.56 bits per heavy atom. The first kappa shape index (κ1) is 12.4. The summed E-state index contributed by atoms with van der Waals surface area (Å²) in [5, 5.41) is 8.23. The standard InChI is InChI=1S/C10H11F2NO3/c1-3-7-8(5-4-6(2)13-7)16-10(11,12)9(14)15/h4-5H,3H2,1-2H3,(H,14,15). The third kappa shape index (κ3) is 2.65. The number of carboxylic acid groups (broad SMARTS) is 1. The van der Waals surface area contributed by atoms with Crippen molar-refractivity contribution in [2.24, 2.45) is 0 Å². The van der Waals surface area contributed by atoms with Crippen molar-refractivity contribution in [3.05, 3.63) is 23.5 Å². The third-order valence-electron chi connectivity index (χ3n) is 1.89. The number of hydrogen-bond acceptors (Lipinski definition) is 3. The van der Waals surface area contributed by atoms with Crippen LogP contribution in [0.5, 0.6) is 5.75 Å². The molecule has 0 aliphatic carbocycles. The number of alkyl halides is 2. The molecule has 0 saturated carbocycles. The largest absolute Gasteiger partial charge is 0.501 e. The fraction of sp³-hybridized carbons (Fsp3) is 0.400. The molecule has 1 aromatic heterocycles. The van der Waals surface area contributed by atoms with Crippen LogP contribution >= 0.6 is 0 Å². The van der Waals surface area contributed by atoms with Crippen molar-refractivity contribution in [2.75, 3.05) is 0 Å². The maximum Gasteiger partial charge on any atom is 0.501 e. The van der Waals surface area contributed by atoms with Crippen molar-refractivity contribution < 1.29 is 23.4 Å². The predicted octanol–water partition coefficient (Wildman–Crippen LogP) is 2.01. The van der Waals surface area contributed by atoms with E-state index in [2.05, 4.69) is 9.72 Å². The second kappa shape index (κ2) is 4.42. The molecule has 88 valence electrons. The van der Waals surface area contributed by atoms with Crippen molar-refractivity contribution in [1.82, 2.24) is 4.98 Å². The summed E-state index contributed by atoms with van der Waals surface area (Å²) in [6, 6.07) is 2.77. The Bertz CT molecular complexity index is 407. The number of hydrogen-bond donors (Lipinski definition) is 1. The molecule has 0 radical (unpaired) electrons. The van der Waals surface area contributed by atoms with Crippen molar-refractivity contribution >= 4 is 5.97 Å². The molecule has 0 aliphatic rings. The van der Waals surface area contributed by atoms with Crippen LogP contribution in [0.25, 0.3) is 0 Å². The van der Waals surface area contributed by atoms with Crippen LogP contribution in [0.1, 0.15) is 18.3 Å². The van der Waals surface area contributed by atoms with E-state index in [1.54, 1.807) is 13.8 Å². The maximum atomic E-state index is 12.8. The molecule has 4 nitrogen and oxygen atoms in total. The predicted molar refractivity (Wildman–Crippen MR) is 51.6 cm³/mol. The Morgan fingerprint density at radius 2 is 2.19 bits per heavy atom. The number of carboxylic acids is 1. The summed E-state index contributed by atoms with van der Waals surface area (Å²) >= 11 is 0. The molecular weight excluding hydrogens is 220 g/mol. The van der Waals surface area contributed by atoms with Crippen LogP contribution in [0, 0.1) is 6.92 Å². The van der Waals surface area contributed by atoms with Crippen molar-refractivity contribution in [3.63, 3.8) is 0 Å². The smallest absolute Gasteiger partial charge is 0.474 e. The van der Waals surface area contributed by atoms with Gasteiger partial charge < -0.3 is 9.84 Å². The molecule has 0 spiro atoms. The van der Waals surface area contributed by atoms with Crippen molar-refractivity contribution in [3.8, 4) is 5.75 Å². The molecular formula is C10H11F2NO3. The monoisotopic (exact) mass is 231 g/mol. The summed E-state index contributed by atoms with van der Waals surface area (Å²) < 4.78 is 29.7. The summed E-state index contributed by atoms with van der Waals surface area (Å²) in [6.45, 7) is 3.42. The van der Waals surface area contributed by atoms with Gasteiger partial charge in [0.05, 0.1) is 5.69 Å². The number of aryl methyl sites for hydroxylation is 2. The second-order valence-electron chi connectivity index (χ2n) is 3.18. The number of carbonyl (C=O) groups is 1. The summed E-state index contributed by atoms with van der Waals surface area (Å²) in [4.78, 5) is 14.2. The van der Waals surface area contributed by atoms with Gasteiger partial charge in [0.2, 0.25) is 0 Å². The van der Waals surface area contributed by atoms with Crippen LogP contribution < -0.4 is 4.74 Å². The number of pyridine rings is 1. The molecule has 1 heterocycles. The van der Waals surface area contributed by atoms with E-state index in [1.165, 1.54) is 12.1 Å². The number of halogens is 2. The summed E-state index contributed by atoms with van der Waals surface area (Å²) in [6.07, 6.45) is -3.85. The fourth-order valence-electron chi connectivity index (χ4n) is 1.13. The summed E-state index contributed by atoms with van der Waals surface area (Å²) in [5.74, 6) is -2.53. The zero-order valence-electron chi connectivity index (χ0n) is 8.83. The Kier molecular flexibility index (Phi) is 3.41. The number of aliphatic carboxylic acids is 1. The Labute approximate surface area is 90.9 Å². The topological polar surface area (TPSA) is 59.4 Å². The molecule has 0 amide bonds. The van der Waals surface area contributed by atoms with Crippen molar-refractivity contribution in [2.45, 2.75) is 26.4 Å². The van der Waals surface area contributed by atoms with E-state index in [4.69, 9.17) is 5.11 Å². The minimum Gasteiger partial charge on any atom is -0.474 e. The molecule has 1 aromatic rings. The average molecular weight is 231 g/mol. The van der Waals surface area contributed by atoms with Gasteiger partial charge in [-0.25, -0.2) is 4.79 Å². The van der Waals surface area contributed by atoms with Gasteiger partial charge in [-0.2, -0.15) is 8.78 Å². The minimum absolute atomic E-state index is 0.208. The maximum absolute atomic E-state index is 12.8. The van der Waals surface area contributed by atoms with Crippen LogP contribution in [0.3, 0.4) is 0 Å². The zero-order chi connectivity index (χ0) is 12.3. The van der Waals surface area contributed by atoms with E-state index in [9.17, 15) is 13.6 Å². The van der Waals surface area contributed by atoms with Gasteiger partial charge in [0.1, 0.15) is 5.75 Å². The van der Waals surface area contributed by atoms with Gasteiger partial charge in [0.15, 0.2) is 0 Å². The Balaban J connectivity index is 3.01. The molecule has 0 unspecified atom stereocenters. The molecule has 16 heavy (non-hydrogen) atoms. The van der Waals surface area contributed by atoms with Crippen LogP contribution in [0.15, 0.2) is 12.1 Å². The van der Waals surface area contributed by atoms with Crippen LogP contribution in [0.2, 0.25) is 0 Å². The molecule has 0 aliphatic heterocycles. The van der Waals surface area contributed by atoms with Gasteiger partial charge in [0, 0.05) is 5.69 Å². The van der Waals surface area contributed by atoms with Crippen LogP contribution in [-0.2, 0) is 11.2 Å². The highest BCUT2D eigenvalue weighted by molar-refractivity contribution is 5.74. The lowest BCUT2D eigenvalue weighted by Crippen LogP contribution is -2.35.